The smallest absolute Gasteiger partial charge is 0.273 e. The molecule has 4 heteroatoms. The van der Waals surface area contributed by atoms with Gasteiger partial charge >= 0.3 is 0 Å². The quantitative estimate of drug-likeness (QED) is 0.879. The Hall–Kier alpha value is -1.84. The van der Waals surface area contributed by atoms with E-state index in [1.807, 2.05) is 32.0 Å². The molecule has 0 aliphatic heterocycles. The van der Waals surface area contributed by atoms with E-state index >= 15 is 0 Å². The third-order valence-corrected chi connectivity index (χ3v) is 2.90. The Morgan fingerprint density at radius 1 is 1.53 bits per heavy atom. The van der Waals surface area contributed by atoms with Crippen LogP contribution in [0.2, 0.25) is 0 Å². The number of nitrogens with zero attached hydrogens (tertiary/aromatic N) is 2. The molecule has 0 saturated carbocycles. The normalized spacial score (nSPS) is 12.6. The Labute approximate surface area is 100 Å². The van der Waals surface area contributed by atoms with E-state index in [1.165, 1.54) is 0 Å². The van der Waals surface area contributed by atoms with Crippen LogP contribution in [0.1, 0.15) is 25.8 Å². The van der Waals surface area contributed by atoms with Crippen LogP contribution in [-0.4, -0.2) is 15.7 Å². The van der Waals surface area contributed by atoms with Gasteiger partial charge in [0, 0.05) is 23.2 Å². The van der Waals surface area contributed by atoms with E-state index in [2.05, 4.69) is 17.3 Å². The van der Waals surface area contributed by atoms with E-state index in [4.69, 9.17) is 0 Å². The Kier molecular flexibility index (Phi) is 3.13. The molecule has 2 heterocycles. The molecule has 0 aromatic carbocycles. The Morgan fingerprint density at radius 3 is 3.00 bits per heavy atom. The molecule has 1 unspecified atom stereocenters. The fourth-order valence-corrected chi connectivity index (χ4v) is 1.71. The summed E-state index contributed by atoms with van der Waals surface area (Å²) in [5.41, 5.74) is 4.56. The lowest BCUT2D eigenvalue weighted by Crippen LogP contribution is -2.35. The lowest BCUT2D eigenvalue weighted by Gasteiger charge is -2.17. The zero-order valence-corrected chi connectivity index (χ0v) is 10.4. The number of hydrogen-bond donors (Lipinski definition) is 1. The fourth-order valence-electron chi connectivity index (χ4n) is 1.71. The van der Waals surface area contributed by atoms with E-state index in [0.717, 1.165) is 17.4 Å². The van der Waals surface area contributed by atoms with Crippen molar-refractivity contribution >= 4 is 11.0 Å². The average Bonchev–Trinajstić information content (AvgIpc) is 2.34. The van der Waals surface area contributed by atoms with Crippen molar-refractivity contribution in [1.82, 2.24) is 9.66 Å². The van der Waals surface area contributed by atoms with E-state index < -0.39 is 0 Å². The summed E-state index contributed by atoms with van der Waals surface area (Å²) in [6, 6.07) is 5.95. The van der Waals surface area contributed by atoms with Crippen LogP contribution in [0.4, 0.5) is 0 Å². The lowest BCUT2D eigenvalue weighted by molar-refractivity contribution is 0.659. The van der Waals surface area contributed by atoms with Gasteiger partial charge < -0.3 is 5.43 Å². The zero-order valence-electron chi connectivity index (χ0n) is 10.4. The van der Waals surface area contributed by atoms with Crippen LogP contribution >= 0.6 is 0 Å². The molecule has 0 spiro atoms. The predicted molar refractivity (Wildman–Crippen MR) is 69.9 cm³/mol. The molecule has 1 N–H and O–H groups in total. The van der Waals surface area contributed by atoms with Crippen molar-refractivity contribution in [3.05, 3.63) is 40.3 Å². The van der Waals surface area contributed by atoms with Crippen LogP contribution in [-0.2, 0) is 0 Å². The van der Waals surface area contributed by atoms with Gasteiger partial charge in [-0.25, -0.2) is 9.66 Å². The first-order chi connectivity index (χ1) is 8.13. The van der Waals surface area contributed by atoms with Gasteiger partial charge in [-0.3, -0.25) is 4.79 Å². The van der Waals surface area contributed by atoms with Gasteiger partial charge in [0.15, 0.2) is 5.65 Å². The van der Waals surface area contributed by atoms with Crippen molar-refractivity contribution in [2.45, 2.75) is 33.2 Å². The summed E-state index contributed by atoms with van der Waals surface area (Å²) in [5.74, 6) is 0. The summed E-state index contributed by atoms with van der Waals surface area (Å²) in [4.78, 5) is 16.4. The maximum absolute atomic E-state index is 12.1. The summed E-state index contributed by atoms with van der Waals surface area (Å²) >= 11 is 0. The standard InChI is InChI=1S/C13H17N3O/c1-4-10(3)15-16-12-11(6-5-7-14-12)8-9(2)13(16)17/h5-8,10,15H,4H2,1-3H3. The van der Waals surface area contributed by atoms with Gasteiger partial charge in [0.05, 0.1) is 0 Å². The molecular weight excluding hydrogens is 214 g/mol. The van der Waals surface area contributed by atoms with Gasteiger partial charge in [-0.05, 0) is 38.5 Å². The first-order valence-corrected chi connectivity index (χ1v) is 5.87. The topological polar surface area (TPSA) is 46.9 Å². The molecular formula is C13H17N3O. The molecule has 1 atom stereocenters. The number of nitrogens with one attached hydrogen (secondary N) is 1. The molecule has 2 aromatic heterocycles. The minimum atomic E-state index is -0.0310. The minimum Gasteiger partial charge on any atom is -0.318 e. The predicted octanol–water partition coefficient (Wildman–Crippen LogP) is 2.05. The number of pyridine rings is 2. The van der Waals surface area contributed by atoms with Crippen LogP contribution in [0.3, 0.4) is 0 Å². The highest BCUT2D eigenvalue weighted by molar-refractivity contribution is 5.75. The highest BCUT2D eigenvalue weighted by Crippen LogP contribution is 2.09. The van der Waals surface area contributed by atoms with Gasteiger partial charge in [-0.2, -0.15) is 0 Å². The van der Waals surface area contributed by atoms with Crippen LogP contribution in [0.25, 0.3) is 11.0 Å². The van der Waals surface area contributed by atoms with Crippen LogP contribution in [0.15, 0.2) is 29.2 Å². The Morgan fingerprint density at radius 2 is 2.29 bits per heavy atom. The van der Waals surface area contributed by atoms with Crippen LogP contribution in [0.5, 0.6) is 0 Å². The summed E-state index contributed by atoms with van der Waals surface area (Å²) in [5, 5.41) is 0.973. The molecule has 0 saturated heterocycles. The van der Waals surface area contributed by atoms with Crippen LogP contribution in [0, 0.1) is 6.92 Å². The molecule has 2 aromatic rings. The molecule has 0 bridgehead atoms. The molecule has 17 heavy (non-hydrogen) atoms. The van der Waals surface area contributed by atoms with Crippen LogP contribution < -0.4 is 11.0 Å². The molecule has 0 amide bonds. The van der Waals surface area contributed by atoms with Crippen molar-refractivity contribution in [2.24, 2.45) is 0 Å². The molecule has 0 fully saturated rings. The van der Waals surface area contributed by atoms with Gasteiger partial charge in [-0.15, -0.1) is 0 Å². The number of aromatic nitrogens is 2. The summed E-state index contributed by atoms with van der Waals surface area (Å²) in [6.07, 6.45) is 2.65. The van der Waals surface area contributed by atoms with Crippen molar-refractivity contribution in [2.75, 3.05) is 5.43 Å². The van der Waals surface area contributed by atoms with Gasteiger partial charge in [0.2, 0.25) is 0 Å². The SMILES string of the molecule is CCC(C)Nn1c(=O)c(C)cc2cccnc21. The molecule has 4 nitrogen and oxygen atoms in total. The number of rotatable bonds is 3. The molecule has 0 aliphatic carbocycles. The summed E-state index contributed by atoms with van der Waals surface area (Å²) < 4.78 is 1.55. The highest BCUT2D eigenvalue weighted by Gasteiger charge is 2.08. The molecule has 0 radical (unpaired) electrons. The second kappa shape index (κ2) is 4.57. The van der Waals surface area contributed by atoms with Gasteiger partial charge in [-0.1, -0.05) is 6.92 Å². The van der Waals surface area contributed by atoms with E-state index in [-0.39, 0.29) is 11.6 Å². The lowest BCUT2D eigenvalue weighted by atomic mass is 10.2. The minimum absolute atomic E-state index is 0.0310. The molecule has 2 rings (SSSR count). The fraction of sp³-hybridized carbons (Fsp3) is 0.385. The maximum atomic E-state index is 12.1. The second-order valence-electron chi connectivity index (χ2n) is 4.32. The van der Waals surface area contributed by atoms with Gasteiger partial charge in [0.1, 0.15) is 0 Å². The third-order valence-electron chi connectivity index (χ3n) is 2.90. The van der Waals surface area contributed by atoms with E-state index in [0.29, 0.717) is 5.65 Å². The van der Waals surface area contributed by atoms with E-state index in [1.54, 1.807) is 10.9 Å². The summed E-state index contributed by atoms with van der Waals surface area (Å²) in [6.45, 7) is 5.95. The van der Waals surface area contributed by atoms with Crippen molar-refractivity contribution < 1.29 is 0 Å². The summed E-state index contributed by atoms with van der Waals surface area (Å²) in [7, 11) is 0. The monoisotopic (exact) mass is 231 g/mol. The van der Waals surface area contributed by atoms with E-state index in [9.17, 15) is 4.79 Å². The first kappa shape index (κ1) is 11.6. The Balaban J connectivity index is 2.66. The zero-order chi connectivity index (χ0) is 12.4. The number of fused-ring (bicyclic) bond motifs is 1. The molecule has 0 aliphatic rings. The van der Waals surface area contributed by atoms with Gasteiger partial charge in [0.25, 0.3) is 5.56 Å². The van der Waals surface area contributed by atoms with Crippen molar-refractivity contribution in [3.8, 4) is 0 Å². The van der Waals surface area contributed by atoms with Crippen molar-refractivity contribution in [1.29, 1.82) is 0 Å². The molecule has 90 valence electrons. The van der Waals surface area contributed by atoms with Crippen molar-refractivity contribution in [3.63, 3.8) is 0 Å². The number of hydrogen-bond acceptors (Lipinski definition) is 3. The third kappa shape index (κ3) is 2.16. The Bertz CT molecular complexity index is 589. The first-order valence-electron chi connectivity index (χ1n) is 5.87. The maximum Gasteiger partial charge on any atom is 0.273 e. The second-order valence-corrected chi connectivity index (χ2v) is 4.32. The average molecular weight is 231 g/mol. The number of aryl methyl sites for hydroxylation is 1. The highest BCUT2D eigenvalue weighted by atomic mass is 16.1. The largest absolute Gasteiger partial charge is 0.318 e.